The van der Waals surface area contributed by atoms with Crippen LogP contribution in [-0.4, -0.2) is 28.7 Å². The van der Waals surface area contributed by atoms with Gasteiger partial charge >= 0.3 is 0 Å². The minimum Gasteiger partial charge on any atom is -0.494 e. The van der Waals surface area contributed by atoms with Crippen LogP contribution in [0.1, 0.15) is 62.2 Å². The molecule has 1 N–H and O–H groups in total. The summed E-state index contributed by atoms with van der Waals surface area (Å²) in [6.07, 6.45) is 8.54. The summed E-state index contributed by atoms with van der Waals surface area (Å²) in [7, 11) is 0. The first kappa shape index (κ1) is 19.4. The third kappa shape index (κ3) is 6.70. The van der Waals surface area contributed by atoms with Gasteiger partial charge in [0.05, 0.1) is 13.0 Å². The number of carbonyl (C=O) groups is 1. The van der Waals surface area contributed by atoms with Crippen LogP contribution < -0.4 is 10.1 Å². The van der Waals surface area contributed by atoms with Gasteiger partial charge in [0.2, 0.25) is 11.8 Å². The number of hydrogen-bond acceptors (Lipinski definition) is 5. The Hall–Kier alpha value is -2.37. The van der Waals surface area contributed by atoms with Gasteiger partial charge in [-0.15, -0.1) is 0 Å². The molecule has 0 atom stereocenters. The van der Waals surface area contributed by atoms with Crippen molar-refractivity contribution in [3.05, 3.63) is 41.5 Å². The second kappa shape index (κ2) is 10.1. The molecule has 1 amide bonds. The molecule has 0 spiro atoms. The van der Waals surface area contributed by atoms with E-state index in [1.54, 1.807) is 0 Å². The van der Waals surface area contributed by atoms with E-state index in [1.165, 1.54) is 24.8 Å². The Labute approximate surface area is 160 Å². The molecular weight excluding hydrogens is 342 g/mol. The minimum atomic E-state index is -0.0131. The van der Waals surface area contributed by atoms with E-state index in [-0.39, 0.29) is 12.3 Å². The van der Waals surface area contributed by atoms with E-state index in [9.17, 15) is 4.79 Å². The molecule has 0 bridgehead atoms. The van der Waals surface area contributed by atoms with E-state index in [0.29, 0.717) is 30.8 Å². The molecule has 2 aromatic rings. The Morgan fingerprint density at radius 2 is 2.11 bits per heavy atom. The molecule has 1 fully saturated rings. The SMILES string of the molecule is Cc1cccc(OCCCCc2nc(CC(=O)NC3CCCCC3)no2)c1. The molecule has 146 valence electrons. The van der Waals surface area contributed by atoms with Crippen LogP contribution in [0.25, 0.3) is 0 Å². The van der Waals surface area contributed by atoms with Crippen molar-refractivity contribution in [3.63, 3.8) is 0 Å². The summed E-state index contributed by atoms with van der Waals surface area (Å²) in [6.45, 7) is 2.71. The van der Waals surface area contributed by atoms with E-state index in [0.717, 1.165) is 31.4 Å². The Bertz CT molecular complexity index is 723. The predicted octanol–water partition coefficient (Wildman–Crippen LogP) is 3.77. The average molecular weight is 371 g/mol. The van der Waals surface area contributed by atoms with E-state index in [4.69, 9.17) is 9.26 Å². The van der Waals surface area contributed by atoms with Crippen LogP contribution in [0.5, 0.6) is 5.75 Å². The fourth-order valence-electron chi connectivity index (χ4n) is 3.41. The molecule has 1 aliphatic rings. The molecule has 3 rings (SSSR count). The summed E-state index contributed by atoms with van der Waals surface area (Å²) in [5.74, 6) is 1.94. The van der Waals surface area contributed by atoms with Gasteiger partial charge in [0, 0.05) is 12.5 Å². The van der Waals surface area contributed by atoms with Crippen molar-refractivity contribution in [3.8, 4) is 5.75 Å². The Morgan fingerprint density at radius 1 is 1.26 bits per heavy atom. The number of hydrogen-bond donors (Lipinski definition) is 1. The number of nitrogens with one attached hydrogen (secondary N) is 1. The van der Waals surface area contributed by atoms with E-state index in [1.807, 2.05) is 18.2 Å². The zero-order valence-electron chi connectivity index (χ0n) is 16.1. The number of rotatable bonds is 9. The van der Waals surface area contributed by atoms with Gasteiger partial charge in [0.25, 0.3) is 0 Å². The highest BCUT2D eigenvalue weighted by atomic mass is 16.5. The summed E-state index contributed by atoms with van der Waals surface area (Å²) in [5, 5.41) is 7.01. The zero-order chi connectivity index (χ0) is 18.9. The summed E-state index contributed by atoms with van der Waals surface area (Å²) >= 11 is 0. The second-order valence-electron chi connectivity index (χ2n) is 7.31. The number of benzene rings is 1. The maximum absolute atomic E-state index is 12.1. The van der Waals surface area contributed by atoms with Gasteiger partial charge in [-0.3, -0.25) is 4.79 Å². The van der Waals surface area contributed by atoms with Crippen LogP contribution in [0.3, 0.4) is 0 Å². The quantitative estimate of drug-likeness (QED) is 0.679. The topological polar surface area (TPSA) is 77.2 Å². The van der Waals surface area contributed by atoms with Gasteiger partial charge < -0.3 is 14.6 Å². The first-order valence-electron chi connectivity index (χ1n) is 9.99. The van der Waals surface area contributed by atoms with Crippen molar-refractivity contribution >= 4 is 5.91 Å². The van der Waals surface area contributed by atoms with Gasteiger partial charge in [-0.25, -0.2) is 0 Å². The van der Waals surface area contributed by atoms with Crippen LogP contribution in [0, 0.1) is 6.92 Å². The lowest BCUT2D eigenvalue weighted by Crippen LogP contribution is -2.37. The Morgan fingerprint density at radius 3 is 2.93 bits per heavy atom. The molecule has 6 heteroatoms. The van der Waals surface area contributed by atoms with Crippen LogP contribution in [0.2, 0.25) is 0 Å². The van der Waals surface area contributed by atoms with Crippen LogP contribution in [0.15, 0.2) is 28.8 Å². The number of aromatic nitrogens is 2. The molecule has 0 aliphatic heterocycles. The first-order valence-corrected chi connectivity index (χ1v) is 9.99. The molecule has 1 aromatic carbocycles. The first-order chi connectivity index (χ1) is 13.2. The highest BCUT2D eigenvalue weighted by Gasteiger charge is 2.17. The average Bonchev–Trinajstić information content (AvgIpc) is 3.09. The zero-order valence-corrected chi connectivity index (χ0v) is 16.1. The van der Waals surface area contributed by atoms with Crippen molar-refractivity contribution in [2.45, 2.75) is 70.8 Å². The third-order valence-corrected chi connectivity index (χ3v) is 4.84. The Balaban J connectivity index is 1.32. The summed E-state index contributed by atoms with van der Waals surface area (Å²) in [4.78, 5) is 16.4. The van der Waals surface area contributed by atoms with Crippen LogP contribution in [-0.2, 0) is 17.6 Å². The molecule has 1 saturated carbocycles. The van der Waals surface area contributed by atoms with Crippen molar-refractivity contribution in [2.75, 3.05) is 6.61 Å². The lowest BCUT2D eigenvalue weighted by atomic mass is 9.95. The number of carbonyl (C=O) groups excluding carboxylic acids is 1. The lowest BCUT2D eigenvalue weighted by Gasteiger charge is -2.22. The molecule has 27 heavy (non-hydrogen) atoms. The molecule has 0 unspecified atom stereocenters. The molecule has 1 aliphatic carbocycles. The molecule has 0 radical (unpaired) electrons. The summed E-state index contributed by atoms with van der Waals surface area (Å²) < 4.78 is 11.0. The number of amides is 1. The molecular formula is C21H29N3O3. The maximum atomic E-state index is 12.1. The monoisotopic (exact) mass is 371 g/mol. The smallest absolute Gasteiger partial charge is 0.228 e. The molecule has 6 nitrogen and oxygen atoms in total. The maximum Gasteiger partial charge on any atom is 0.228 e. The summed E-state index contributed by atoms with van der Waals surface area (Å²) in [6, 6.07) is 8.36. The standard InChI is InChI=1S/C21H29N3O3/c1-16-8-7-11-18(14-16)26-13-6-5-12-21-23-19(24-27-21)15-20(25)22-17-9-3-2-4-10-17/h7-8,11,14,17H,2-6,9-10,12-13,15H2,1H3,(H,22,25). The number of unbranched alkanes of at least 4 members (excludes halogenated alkanes) is 1. The van der Waals surface area contributed by atoms with Crippen molar-refractivity contribution in [1.82, 2.24) is 15.5 Å². The van der Waals surface area contributed by atoms with Gasteiger partial charge in [-0.05, 0) is 50.3 Å². The highest BCUT2D eigenvalue weighted by Crippen LogP contribution is 2.17. The summed E-state index contributed by atoms with van der Waals surface area (Å²) in [5.41, 5.74) is 1.19. The van der Waals surface area contributed by atoms with Gasteiger partial charge in [0.15, 0.2) is 5.82 Å². The predicted molar refractivity (Wildman–Crippen MR) is 103 cm³/mol. The highest BCUT2D eigenvalue weighted by molar-refractivity contribution is 5.78. The number of ether oxygens (including phenoxy) is 1. The molecule has 0 saturated heterocycles. The largest absolute Gasteiger partial charge is 0.494 e. The fraction of sp³-hybridized carbons (Fsp3) is 0.571. The molecule has 1 aromatic heterocycles. The Kier molecular flexibility index (Phi) is 7.25. The normalized spacial score (nSPS) is 14.9. The second-order valence-corrected chi connectivity index (χ2v) is 7.31. The lowest BCUT2D eigenvalue weighted by molar-refractivity contribution is -0.121. The van der Waals surface area contributed by atoms with Crippen LogP contribution in [0.4, 0.5) is 0 Å². The van der Waals surface area contributed by atoms with Gasteiger partial charge in [-0.2, -0.15) is 4.98 Å². The third-order valence-electron chi connectivity index (χ3n) is 4.84. The van der Waals surface area contributed by atoms with Gasteiger partial charge in [0.1, 0.15) is 5.75 Å². The van der Waals surface area contributed by atoms with Gasteiger partial charge in [-0.1, -0.05) is 36.6 Å². The number of aryl methyl sites for hydroxylation is 2. The fourth-order valence-corrected chi connectivity index (χ4v) is 3.41. The van der Waals surface area contributed by atoms with Crippen molar-refractivity contribution in [1.29, 1.82) is 0 Å². The number of nitrogens with zero attached hydrogens (tertiary/aromatic N) is 2. The van der Waals surface area contributed by atoms with E-state index >= 15 is 0 Å². The minimum absolute atomic E-state index is 0.0131. The van der Waals surface area contributed by atoms with Crippen molar-refractivity contribution in [2.24, 2.45) is 0 Å². The van der Waals surface area contributed by atoms with E-state index in [2.05, 4.69) is 28.4 Å². The van der Waals surface area contributed by atoms with E-state index < -0.39 is 0 Å². The molecule has 1 heterocycles. The van der Waals surface area contributed by atoms with Crippen LogP contribution >= 0.6 is 0 Å². The van der Waals surface area contributed by atoms with Crippen molar-refractivity contribution < 1.29 is 14.1 Å².